The molecule has 2 saturated heterocycles. The van der Waals surface area contributed by atoms with E-state index in [4.69, 9.17) is 9.47 Å². The average Bonchev–Trinajstić information content (AvgIpc) is 3.17. The first kappa shape index (κ1) is 19.9. The summed E-state index contributed by atoms with van der Waals surface area (Å²) >= 11 is 0. The minimum atomic E-state index is 0.0998. The second-order valence-corrected chi connectivity index (χ2v) is 7.76. The molecule has 1 aromatic carbocycles. The van der Waals surface area contributed by atoms with Crippen LogP contribution in [0.5, 0.6) is 5.75 Å². The molecule has 0 radical (unpaired) electrons. The van der Waals surface area contributed by atoms with Crippen molar-refractivity contribution in [3.05, 3.63) is 59.9 Å². The lowest BCUT2D eigenvalue weighted by atomic mass is 10.2. The molecule has 6 nitrogen and oxygen atoms in total. The monoisotopic (exact) mass is 395 g/mol. The normalized spacial score (nSPS) is 20.4. The summed E-state index contributed by atoms with van der Waals surface area (Å²) in [5.41, 5.74) is 1.73. The quantitative estimate of drug-likeness (QED) is 0.753. The van der Waals surface area contributed by atoms with E-state index in [-0.39, 0.29) is 5.91 Å². The highest BCUT2D eigenvalue weighted by molar-refractivity contribution is 5.94. The highest BCUT2D eigenvalue weighted by Gasteiger charge is 2.23. The second-order valence-electron chi connectivity index (χ2n) is 7.76. The van der Waals surface area contributed by atoms with Crippen molar-refractivity contribution in [3.63, 3.8) is 0 Å². The van der Waals surface area contributed by atoms with E-state index < -0.39 is 0 Å². The van der Waals surface area contributed by atoms with Crippen LogP contribution in [0.4, 0.5) is 0 Å². The fourth-order valence-electron chi connectivity index (χ4n) is 3.96. The SMILES string of the molecule is O=C(c1ccc(OCc2cccnc2)cc1)N1CCCN(C[C@H]2CCCO2)CC1. The number of aromatic nitrogens is 1. The second kappa shape index (κ2) is 9.85. The Morgan fingerprint density at radius 3 is 2.76 bits per heavy atom. The number of pyridine rings is 1. The van der Waals surface area contributed by atoms with Gasteiger partial charge in [0.05, 0.1) is 6.10 Å². The van der Waals surface area contributed by atoms with Crippen LogP contribution < -0.4 is 4.74 Å². The van der Waals surface area contributed by atoms with Crippen LogP contribution in [0.1, 0.15) is 35.2 Å². The summed E-state index contributed by atoms with van der Waals surface area (Å²) in [5.74, 6) is 0.854. The lowest BCUT2D eigenvalue weighted by Crippen LogP contribution is -2.37. The molecule has 1 atom stereocenters. The van der Waals surface area contributed by atoms with Gasteiger partial charge in [-0.25, -0.2) is 0 Å². The zero-order valence-corrected chi connectivity index (χ0v) is 16.8. The number of benzene rings is 1. The molecule has 0 aliphatic carbocycles. The Bertz CT molecular complexity index is 776. The first-order valence-electron chi connectivity index (χ1n) is 10.5. The van der Waals surface area contributed by atoms with Gasteiger partial charge in [-0.3, -0.25) is 14.7 Å². The van der Waals surface area contributed by atoms with Crippen molar-refractivity contribution in [2.75, 3.05) is 39.3 Å². The minimum Gasteiger partial charge on any atom is -0.489 e. The Hall–Kier alpha value is -2.44. The van der Waals surface area contributed by atoms with Gasteiger partial charge in [0.15, 0.2) is 0 Å². The molecule has 3 heterocycles. The van der Waals surface area contributed by atoms with E-state index in [0.29, 0.717) is 18.3 Å². The van der Waals surface area contributed by atoms with Crippen molar-refractivity contribution in [3.8, 4) is 5.75 Å². The maximum absolute atomic E-state index is 12.9. The molecule has 29 heavy (non-hydrogen) atoms. The molecule has 6 heteroatoms. The predicted molar refractivity (Wildman–Crippen MR) is 111 cm³/mol. The van der Waals surface area contributed by atoms with Crippen LogP contribution in [0.15, 0.2) is 48.8 Å². The Morgan fingerprint density at radius 2 is 2.00 bits per heavy atom. The molecule has 4 rings (SSSR count). The van der Waals surface area contributed by atoms with E-state index >= 15 is 0 Å². The molecule has 1 aromatic heterocycles. The van der Waals surface area contributed by atoms with Gasteiger partial charge in [-0.2, -0.15) is 0 Å². The standard InChI is InChI=1S/C23H29N3O3/c27-23(26-12-3-11-25(13-14-26)17-22-5-2-15-28-22)20-6-8-21(9-7-20)29-18-19-4-1-10-24-16-19/h1,4,6-10,16,22H,2-3,5,11-15,17-18H2/t22-/m1/s1. The van der Waals surface area contributed by atoms with Crippen molar-refractivity contribution >= 4 is 5.91 Å². The Labute approximate surface area is 172 Å². The van der Waals surface area contributed by atoms with Gasteiger partial charge in [0.1, 0.15) is 12.4 Å². The summed E-state index contributed by atoms with van der Waals surface area (Å²) in [7, 11) is 0. The highest BCUT2D eigenvalue weighted by atomic mass is 16.5. The summed E-state index contributed by atoms with van der Waals surface area (Å²) < 4.78 is 11.5. The van der Waals surface area contributed by atoms with Crippen molar-refractivity contribution in [2.45, 2.75) is 32.0 Å². The lowest BCUT2D eigenvalue weighted by molar-refractivity contribution is 0.0704. The van der Waals surface area contributed by atoms with Gasteiger partial charge in [-0.1, -0.05) is 6.07 Å². The maximum atomic E-state index is 12.9. The predicted octanol–water partition coefficient (Wildman–Crippen LogP) is 2.99. The summed E-state index contributed by atoms with van der Waals surface area (Å²) in [6, 6.07) is 11.3. The van der Waals surface area contributed by atoms with Gasteiger partial charge in [0, 0.05) is 56.3 Å². The highest BCUT2D eigenvalue weighted by Crippen LogP contribution is 2.18. The van der Waals surface area contributed by atoms with E-state index in [2.05, 4.69) is 9.88 Å². The summed E-state index contributed by atoms with van der Waals surface area (Å²) in [4.78, 5) is 21.4. The van der Waals surface area contributed by atoms with Gasteiger partial charge in [0.2, 0.25) is 0 Å². The van der Waals surface area contributed by atoms with Crippen LogP contribution in [0.3, 0.4) is 0 Å². The number of carbonyl (C=O) groups is 1. The molecule has 0 bridgehead atoms. The van der Waals surface area contributed by atoms with E-state index in [1.807, 2.05) is 41.3 Å². The number of amides is 1. The Kier molecular flexibility index (Phi) is 6.75. The smallest absolute Gasteiger partial charge is 0.253 e. The third-order valence-corrected chi connectivity index (χ3v) is 5.59. The number of carbonyl (C=O) groups excluding carboxylic acids is 1. The molecular weight excluding hydrogens is 366 g/mol. The van der Waals surface area contributed by atoms with Crippen LogP contribution >= 0.6 is 0 Å². The van der Waals surface area contributed by atoms with E-state index in [9.17, 15) is 4.79 Å². The van der Waals surface area contributed by atoms with E-state index in [1.165, 1.54) is 6.42 Å². The summed E-state index contributed by atoms with van der Waals surface area (Å²) in [6.07, 6.45) is 7.24. The van der Waals surface area contributed by atoms with E-state index in [0.717, 1.165) is 63.5 Å². The first-order chi connectivity index (χ1) is 14.3. The number of ether oxygens (including phenoxy) is 2. The molecule has 2 aliphatic heterocycles. The van der Waals surface area contributed by atoms with Crippen LogP contribution in [0.2, 0.25) is 0 Å². The van der Waals surface area contributed by atoms with Crippen LogP contribution in [-0.2, 0) is 11.3 Å². The Balaban J connectivity index is 1.28. The number of rotatable bonds is 6. The number of hydrogen-bond donors (Lipinski definition) is 0. The molecule has 2 aromatic rings. The number of hydrogen-bond acceptors (Lipinski definition) is 5. The summed E-state index contributed by atoms with van der Waals surface area (Å²) in [6.45, 7) is 5.87. The fourth-order valence-corrected chi connectivity index (χ4v) is 3.96. The van der Waals surface area contributed by atoms with Gasteiger partial charge < -0.3 is 14.4 Å². The molecule has 154 valence electrons. The molecule has 2 fully saturated rings. The van der Waals surface area contributed by atoms with Crippen molar-refractivity contribution in [1.29, 1.82) is 0 Å². The molecule has 0 unspecified atom stereocenters. The van der Waals surface area contributed by atoms with Crippen LogP contribution in [-0.4, -0.2) is 66.1 Å². The fraction of sp³-hybridized carbons (Fsp3) is 0.478. The zero-order chi connectivity index (χ0) is 19.9. The zero-order valence-electron chi connectivity index (χ0n) is 16.8. The van der Waals surface area contributed by atoms with Gasteiger partial charge in [0.25, 0.3) is 5.91 Å². The lowest BCUT2D eigenvalue weighted by Gasteiger charge is -2.24. The van der Waals surface area contributed by atoms with Gasteiger partial charge in [-0.15, -0.1) is 0 Å². The molecule has 0 spiro atoms. The maximum Gasteiger partial charge on any atom is 0.253 e. The third kappa shape index (κ3) is 5.55. The van der Waals surface area contributed by atoms with Crippen molar-refractivity contribution in [1.82, 2.24) is 14.8 Å². The van der Waals surface area contributed by atoms with E-state index in [1.54, 1.807) is 12.4 Å². The number of nitrogens with zero attached hydrogens (tertiary/aromatic N) is 3. The van der Waals surface area contributed by atoms with Crippen LogP contribution in [0, 0.1) is 0 Å². The van der Waals surface area contributed by atoms with Gasteiger partial charge in [-0.05, 0) is 56.1 Å². The largest absolute Gasteiger partial charge is 0.489 e. The van der Waals surface area contributed by atoms with Crippen molar-refractivity contribution in [2.24, 2.45) is 0 Å². The average molecular weight is 396 g/mol. The Morgan fingerprint density at radius 1 is 1.10 bits per heavy atom. The van der Waals surface area contributed by atoms with Crippen LogP contribution in [0.25, 0.3) is 0 Å². The molecule has 0 N–H and O–H groups in total. The minimum absolute atomic E-state index is 0.0998. The first-order valence-corrected chi connectivity index (χ1v) is 10.5. The molecular formula is C23H29N3O3. The molecule has 1 amide bonds. The van der Waals surface area contributed by atoms with Crippen molar-refractivity contribution < 1.29 is 14.3 Å². The molecule has 0 saturated carbocycles. The topological polar surface area (TPSA) is 54.9 Å². The van der Waals surface area contributed by atoms with Gasteiger partial charge >= 0.3 is 0 Å². The summed E-state index contributed by atoms with van der Waals surface area (Å²) in [5, 5.41) is 0. The third-order valence-electron chi connectivity index (χ3n) is 5.59. The molecule has 2 aliphatic rings.